The summed E-state index contributed by atoms with van der Waals surface area (Å²) in [6.07, 6.45) is 0. The number of ether oxygens (including phenoxy) is 1. The molecule has 0 atom stereocenters. The van der Waals surface area contributed by atoms with Gasteiger partial charge in [0.25, 0.3) is 0 Å². The number of benzene rings is 10. The Morgan fingerprint density at radius 3 is 1.45 bits per heavy atom. The number of furan rings is 1. The number of fused-ring (bicyclic) bond motifs is 9. The predicted molar refractivity (Wildman–Crippen MR) is 343 cm³/mol. The van der Waals surface area contributed by atoms with Crippen LogP contribution in [0, 0.1) is 19.1 Å². The molecule has 0 radical (unpaired) electrons. The molecule has 0 bridgehead atoms. The van der Waals surface area contributed by atoms with Crippen molar-refractivity contribution >= 4 is 65.7 Å². The number of nitrogens with zero attached hydrogens (tertiary/aromatic N) is 5. The van der Waals surface area contributed by atoms with Gasteiger partial charge in [0.1, 0.15) is 5.58 Å². The Hall–Kier alpha value is -8.90. The molecule has 414 valence electrons. The quantitative estimate of drug-likeness (QED) is 0.0900. The molecule has 14 aromatic rings. The van der Waals surface area contributed by atoms with E-state index in [0.717, 1.165) is 88.6 Å². The standard InChI is InChI=1S/C76H63N5O2.Pt/c1-44(2)60-38-52(49-21-12-10-13-22-49)39-61(45(3)4)71(60)80-69-29-18-16-27-67(69)78-75(80)51-25-20-26-54(37-51)82-55-42-64-59-34-33-56-57-32-31-48(9)77-66(57)36-35-58(56)73(59)83-74(64)65(43-55)76-79-68-28-17-19-30-70(68)81(76)72-62(46(5)6)40-53(41-63(72)47(7)8)50-23-14-11-15-24-50;/h10-36,38-42,44-47H,1-9H3;/q-2;+2. The second-order valence-corrected chi connectivity index (χ2v) is 23.4. The van der Waals surface area contributed by atoms with Crippen molar-refractivity contribution in [3.05, 3.63) is 234 Å². The summed E-state index contributed by atoms with van der Waals surface area (Å²) in [5.41, 5.74) is 20.6. The Bertz CT molecular complexity index is 4800. The number of pyridine rings is 1. The number of hydrogen-bond acceptors (Lipinski definition) is 5. The summed E-state index contributed by atoms with van der Waals surface area (Å²) in [6, 6.07) is 76.3. The molecular formula is C76H63N5O2Pt. The van der Waals surface area contributed by atoms with Crippen molar-refractivity contribution in [3.63, 3.8) is 0 Å². The number of para-hydroxylation sites is 4. The minimum Gasteiger partial charge on any atom is -0.500 e. The van der Waals surface area contributed by atoms with Gasteiger partial charge in [-0.15, -0.1) is 23.8 Å². The maximum absolute atomic E-state index is 7.32. The summed E-state index contributed by atoms with van der Waals surface area (Å²) in [5, 5.41) is 4.99. The van der Waals surface area contributed by atoms with Crippen molar-refractivity contribution in [2.24, 2.45) is 0 Å². The molecule has 0 aliphatic heterocycles. The Morgan fingerprint density at radius 1 is 0.393 bits per heavy atom. The molecule has 0 saturated carbocycles. The van der Waals surface area contributed by atoms with E-state index in [0.29, 0.717) is 28.5 Å². The van der Waals surface area contributed by atoms with E-state index in [1.807, 2.05) is 19.1 Å². The zero-order valence-corrected chi connectivity index (χ0v) is 50.9. The van der Waals surface area contributed by atoms with Gasteiger partial charge in [-0.3, -0.25) is 15.0 Å². The Balaban J connectivity index is 0.00000658. The molecule has 4 heterocycles. The van der Waals surface area contributed by atoms with E-state index >= 15 is 0 Å². The van der Waals surface area contributed by atoms with Crippen LogP contribution in [0.1, 0.15) is 107 Å². The molecule has 0 unspecified atom stereocenters. The summed E-state index contributed by atoms with van der Waals surface area (Å²) >= 11 is 0. The third kappa shape index (κ3) is 9.30. The zero-order valence-electron chi connectivity index (χ0n) is 48.7. The van der Waals surface area contributed by atoms with Crippen molar-refractivity contribution in [1.29, 1.82) is 0 Å². The van der Waals surface area contributed by atoms with Crippen LogP contribution in [0.5, 0.6) is 11.5 Å². The third-order valence-electron chi connectivity index (χ3n) is 16.5. The second kappa shape index (κ2) is 21.7. The van der Waals surface area contributed by atoms with E-state index in [9.17, 15) is 0 Å². The van der Waals surface area contributed by atoms with Gasteiger partial charge in [0, 0.05) is 44.7 Å². The van der Waals surface area contributed by atoms with Crippen molar-refractivity contribution < 1.29 is 30.2 Å². The van der Waals surface area contributed by atoms with Gasteiger partial charge in [0.15, 0.2) is 0 Å². The van der Waals surface area contributed by atoms with Crippen LogP contribution in [-0.4, -0.2) is 24.1 Å². The summed E-state index contributed by atoms with van der Waals surface area (Å²) < 4.78 is 19.2. The average molecular weight is 1270 g/mol. The van der Waals surface area contributed by atoms with Gasteiger partial charge in [0.05, 0.1) is 44.8 Å². The number of aromatic nitrogens is 5. The fourth-order valence-corrected chi connectivity index (χ4v) is 12.4. The molecule has 14 rings (SSSR count). The van der Waals surface area contributed by atoms with E-state index in [2.05, 4.69) is 259 Å². The van der Waals surface area contributed by atoms with E-state index < -0.39 is 0 Å². The first-order valence-electron chi connectivity index (χ1n) is 29.1. The molecule has 84 heavy (non-hydrogen) atoms. The smallest absolute Gasteiger partial charge is 0.500 e. The van der Waals surface area contributed by atoms with Gasteiger partial charge in [-0.05, 0) is 147 Å². The first kappa shape index (κ1) is 54.4. The van der Waals surface area contributed by atoms with Crippen LogP contribution in [0.3, 0.4) is 0 Å². The van der Waals surface area contributed by atoms with Gasteiger partial charge in [-0.2, -0.15) is 0 Å². The minimum absolute atomic E-state index is 0. The number of rotatable bonds is 12. The van der Waals surface area contributed by atoms with E-state index in [1.165, 1.54) is 44.5 Å². The second-order valence-electron chi connectivity index (χ2n) is 23.4. The molecule has 0 fully saturated rings. The minimum atomic E-state index is 0. The molecule has 10 aromatic carbocycles. The van der Waals surface area contributed by atoms with Crippen LogP contribution in [0.25, 0.3) is 122 Å². The Morgan fingerprint density at radius 2 is 0.881 bits per heavy atom. The SMILES string of the molecule is Cc1ccc2c(ccc3c2ccc2c4cc(Oc5[c-]c(-c6nc7ccccc7n6-c6c(C(C)C)cc(-c7ccccc7)cc6C(C)C)ccc5)[c-]c(-c5nc6ccccc6n5-c5c(C(C)C)cc(-c6ccccc6)cc5C(C)C)c4oc23)n1.[Pt+2]. The van der Waals surface area contributed by atoms with Gasteiger partial charge in [-0.1, -0.05) is 188 Å². The molecule has 0 N–H and O–H groups in total. The van der Waals surface area contributed by atoms with Gasteiger partial charge < -0.3 is 18.3 Å². The Labute approximate surface area is 504 Å². The normalized spacial score (nSPS) is 12.0. The largest absolute Gasteiger partial charge is 2.00 e. The van der Waals surface area contributed by atoms with Crippen LogP contribution in [-0.2, 0) is 21.1 Å². The summed E-state index contributed by atoms with van der Waals surface area (Å²) in [6.45, 7) is 20.3. The molecule has 0 aliphatic carbocycles. The number of aryl methyl sites for hydroxylation is 1. The van der Waals surface area contributed by atoms with Crippen LogP contribution >= 0.6 is 0 Å². The maximum Gasteiger partial charge on any atom is 2.00 e. The van der Waals surface area contributed by atoms with E-state index in [-0.39, 0.29) is 44.7 Å². The number of hydrogen-bond donors (Lipinski definition) is 0. The van der Waals surface area contributed by atoms with Crippen LogP contribution in [0.2, 0.25) is 0 Å². The van der Waals surface area contributed by atoms with Crippen LogP contribution in [0.15, 0.2) is 199 Å². The maximum atomic E-state index is 7.32. The molecule has 0 spiro atoms. The molecule has 0 amide bonds. The molecule has 0 aliphatic rings. The zero-order chi connectivity index (χ0) is 56.8. The van der Waals surface area contributed by atoms with Crippen molar-refractivity contribution in [2.45, 2.75) is 86.0 Å². The fraction of sp³-hybridized carbons (Fsp3) is 0.171. The van der Waals surface area contributed by atoms with Gasteiger partial charge in [0.2, 0.25) is 0 Å². The predicted octanol–water partition coefficient (Wildman–Crippen LogP) is 20.8. The summed E-state index contributed by atoms with van der Waals surface area (Å²) in [5.74, 6) is 3.29. The molecular weight excluding hydrogens is 1210 g/mol. The molecule has 7 nitrogen and oxygen atoms in total. The van der Waals surface area contributed by atoms with Gasteiger partial charge >= 0.3 is 21.1 Å². The molecule has 0 saturated heterocycles. The van der Waals surface area contributed by atoms with Crippen molar-refractivity contribution in [2.75, 3.05) is 0 Å². The average Bonchev–Trinajstić information content (AvgIpc) is 1.84. The summed E-state index contributed by atoms with van der Waals surface area (Å²) in [7, 11) is 0. The van der Waals surface area contributed by atoms with Crippen LogP contribution in [0.4, 0.5) is 0 Å². The van der Waals surface area contributed by atoms with E-state index in [1.54, 1.807) is 0 Å². The molecule has 8 heteroatoms. The summed E-state index contributed by atoms with van der Waals surface area (Å²) in [4.78, 5) is 15.9. The number of imidazole rings is 2. The van der Waals surface area contributed by atoms with E-state index in [4.69, 9.17) is 24.1 Å². The molecule has 4 aromatic heterocycles. The van der Waals surface area contributed by atoms with Gasteiger partial charge in [-0.25, -0.2) is 0 Å². The van der Waals surface area contributed by atoms with Crippen molar-refractivity contribution in [1.82, 2.24) is 24.1 Å². The first-order chi connectivity index (χ1) is 40.4. The fourth-order valence-electron chi connectivity index (χ4n) is 12.4. The third-order valence-corrected chi connectivity index (χ3v) is 16.5. The van der Waals surface area contributed by atoms with Crippen molar-refractivity contribution in [3.8, 4) is 67.9 Å². The monoisotopic (exact) mass is 1270 g/mol. The topological polar surface area (TPSA) is 70.9 Å². The Kier molecular flexibility index (Phi) is 14.0. The first-order valence-corrected chi connectivity index (χ1v) is 29.1. The van der Waals surface area contributed by atoms with Crippen LogP contribution < -0.4 is 4.74 Å².